The summed E-state index contributed by atoms with van der Waals surface area (Å²) in [5, 5.41) is 1.24. The summed E-state index contributed by atoms with van der Waals surface area (Å²) in [5.74, 6) is 0.319. The van der Waals surface area contributed by atoms with Crippen molar-refractivity contribution in [3.05, 3.63) is 55.3 Å². The van der Waals surface area contributed by atoms with E-state index >= 15 is 0 Å². The van der Waals surface area contributed by atoms with Gasteiger partial charge in [-0.2, -0.15) is 0 Å². The van der Waals surface area contributed by atoms with Gasteiger partial charge in [-0.15, -0.1) is 29.3 Å². The lowest BCUT2D eigenvalue weighted by molar-refractivity contribution is 0.102. The molecule has 0 bridgehead atoms. The number of Topliss-reactive ketones (excluding diaryl/α,β-unsaturated/α-hetero) is 1. The van der Waals surface area contributed by atoms with Crippen molar-refractivity contribution in [3.8, 4) is 0 Å². The second-order valence-electron chi connectivity index (χ2n) is 5.68. The van der Waals surface area contributed by atoms with E-state index < -0.39 is 0 Å². The molecular weight excluding hydrogens is 372 g/mol. The molecule has 7 heteroatoms. The van der Waals surface area contributed by atoms with Gasteiger partial charge in [0.25, 0.3) is 5.56 Å². The Labute approximate surface area is 158 Å². The molecule has 4 nitrogen and oxygen atoms in total. The van der Waals surface area contributed by atoms with Crippen LogP contribution in [0.25, 0.3) is 10.2 Å². The predicted octanol–water partition coefficient (Wildman–Crippen LogP) is 4.61. The van der Waals surface area contributed by atoms with Crippen LogP contribution in [0.4, 0.5) is 0 Å². The summed E-state index contributed by atoms with van der Waals surface area (Å²) in [6, 6.07) is 3.79. The number of aryl methyl sites for hydroxylation is 3. The molecule has 0 radical (unpaired) electrons. The Hall–Kier alpha value is -1.70. The maximum Gasteiger partial charge on any atom is 0.263 e. The summed E-state index contributed by atoms with van der Waals surface area (Å²) in [6.45, 7) is 10.0. The van der Waals surface area contributed by atoms with E-state index in [1.807, 2.05) is 32.9 Å². The standard InChI is InChI=1S/C18H18N2O2S3/c1-5-8-20-17(22)15-11(3)12(4)25-16(15)19-18(20)23-9-13(21)14-7-6-10(2)24-14/h5-7H,1,8-9H2,2-4H3. The zero-order chi connectivity index (χ0) is 18.1. The Morgan fingerprint density at radius 1 is 1.32 bits per heavy atom. The van der Waals surface area contributed by atoms with E-state index in [1.165, 1.54) is 34.4 Å². The molecule has 0 saturated heterocycles. The van der Waals surface area contributed by atoms with Crippen LogP contribution in [0.2, 0.25) is 0 Å². The first kappa shape index (κ1) is 18.1. The molecule has 0 aliphatic rings. The molecule has 0 N–H and O–H groups in total. The van der Waals surface area contributed by atoms with Gasteiger partial charge in [0.15, 0.2) is 10.9 Å². The van der Waals surface area contributed by atoms with Gasteiger partial charge in [0.1, 0.15) is 4.83 Å². The number of fused-ring (bicyclic) bond motifs is 1. The van der Waals surface area contributed by atoms with Crippen LogP contribution in [0.5, 0.6) is 0 Å². The third-order valence-electron chi connectivity index (χ3n) is 3.91. The van der Waals surface area contributed by atoms with E-state index in [4.69, 9.17) is 0 Å². The van der Waals surface area contributed by atoms with E-state index in [2.05, 4.69) is 11.6 Å². The van der Waals surface area contributed by atoms with Gasteiger partial charge >= 0.3 is 0 Å². The van der Waals surface area contributed by atoms with E-state index in [0.717, 1.165) is 25.0 Å². The minimum Gasteiger partial charge on any atom is -0.292 e. The maximum absolute atomic E-state index is 12.9. The minimum absolute atomic E-state index is 0.0566. The number of ketones is 1. The predicted molar refractivity (Wildman–Crippen MR) is 108 cm³/mol. The topological polar surface area (TPSA) is 52.0 Å². The molecule has 3 aromatic heterocycles. The van der Waals surface area contributed by atoms with E-state index in [1.54, 1.807) is 10.6 Å². The fourth-order valence-corrected chi connectivity index (χ4v) is 5.35. The Morgan fingerprint density at radius 3 is 2.72 bits per heavy atom. The van der Waals surface area contributed by atoms with Crippen LogP contribution in [-0.4, -0.2) is 21.1 Å². The molecule has 0 aromatic carbocycles. The Bertz CT molecular complexity index is 1030. The molecule has 3 aromatic rings. The fourth-order valence-electron chi connectivity index (χ4n) is 2.49. The number of hydrogen-bond donors (Lipinski definition) is 0. The molecule has 0 spiro atoms. The Balaban J connectivity index is 1.97. The second kappa shape index (κ2) is 7.27. The van der Waals surface area contributed by atoms with Crippen molar-refractivity contribution < 1.29 is 4.79 Å². The number of hydrogen-bond acceptors (Lipinski definition) is 6. The number of nitrogens with zero attached hydrogens (tertiary/aromatic N) is 2. The lowest BCUT2D eigenvalue weighted by Crippen LogP contribution is -2.23. The number of carbonyl (C=O) groups is 1. The van der Waals surface area contributed by atoms with E-state index in [9.17, 15) is 9.59 Å². The minimum atomic E-state index is -0.0614. The summed E-state index contributed by atoms with van der Waals surface area (Å²) in [7, 11) is 0. The lowest BCUT2D eigenvalue weighted by Gasteiger charge is -2.09. The first-order chi connectivity index (χ1) is 11.9. The molecule has 130 valence electrons. The van der Waals surface area contributed by atoms with Crippen LogP contribution in [0.3, 0.4) is 0 Å². The number of allylic oxidation sites excluding steroid dienone is 1. The SMILES string of the molecule is C=CCn1c(SCC(=O)c2ccc(C)s2)nc2sc(C)c(C)c2c1=O. The van der Waals surface area contributed by atoms with Gasteiger partial charge in [-0.25, -0.2) is 4.98 Å². The maximum atomic E-state index is 12.9. The second-order valence-corrected chi connectivity index (χ2v) is 9.12. The Morgan fingerprint density at radius 2 is 2.08 bits per heavy atom. The zero-order valence-corrected chi connectivity index (χ0v) is 16.7. The Kier molecular flexibility index (Phi) is 5.27. The quantitative estimate of drug-likeness (QED) is 0.267. The van der Waals surface area contributed by atoms with Crippen molar-refractivity contribution in [3.63, 3.8) is 0 Å². The van der Waals surface area contributed by atoms with Gasteiger partial charge in [-0.05, 0) is 38.5 Å². The molecule has 0 aliphatic carbocycles. The first-order valence-electron chi connectivity index (χ1n) is 7.76. The van der Waals surface area contributed by atoms with Crippen molar-refractivity contribution in [1.29, 1.82) is 0 Å². The third-order valence-corrected chi connectivity index (χ3v) is 7.03. The lowest BCUT2D eigenvalue weighted by atomic mass is 10.2. The van der Waals surface area contributed by atoms with Crippen LogP contribution in [0.1, 0.15) is 25.0 Å². The summed E-state index contributed by atoms with van der Waals surface area (Å²) in [4.78, 5) is 33.6. The van der Waals surface area contributed by atoms with Gasteiger partial charge in [0.05, 0.1) is 16.0 Å². The molecule has 0 unspecified atom stereocenters. The van der Waals surface area contributed by atoms with Crippen LogP contribution in [0.15, 0.2) is 34.7 Å². The summed E-state index contributed by atoms with van der Waals surface area (Å²) >= 11 is 4.32. The highest BCUT2D eigenvalue weighted by Crippen LogP contribution is 2.29. The number of rotatable bonds is 6. The summed E-state index contributed by atoms with van der Waals surface area (Å²) in [6.07, 6.45) is 1.68. The molecule has 0 saturated carbocycles. The average Bonchev–Trinajstić information content (AvgIpc) is 3.12. The van der Waals surface area contributed by atoms with Crippen molar-refractivity contribution in [1.82, 2.24) is 9.55 Å². The monoisotopic (exact) mass is 390 g/mol. The molecule has 0 aliphatic heterocycles. The average molecular weight is 391 g/mol. The molecular formula is C18H18N2O2S3. The molecule has 0 fully saturated rings. The number of thiophene rings is 2. The van der Waals surface area contributed by atoms with Crippen molar-refractivity contribution in [2.24, 2.45) is 0 Å². The van der Waals surface area contributed by atoms with E-state index in [-0.39, 0.29) is 17.1 Å². The smallest absolute Gasteiger partial charge is 0.263 e. The van der Waals surface area contributed by atoms with Crippen molar-refractivity contribution >= 4 is 50.4 Å². The number of carbonyl (C=O) groups excluding carboxylic acids is 1. The van der Waals surface area contributed by atoms with Crippen molar-refractivity contribution in [2.75, 3.05) is 5.75 Å². The van der Waals surface area contributed by atoms with Crippen LogP contribution in [0, 0.1) is 20.8 Å². The molecule has 0 atom stereocenters. The van der Waals surface area contributed by atoms with Gasteiger partial charge in [0, 0.05) is 16.3 Å². The van der Waals surface area contributed by atoms with Crippen molar-refractivity contribution in [2.45, 2.75) is 32.5 Å². The molecule has 25 heavy (non-hydrogen) atoms. The van der Waals surface area contributed by atoms with Crippen LogP contribution < -0.4 is 5.56 Å². The normalized spacial score (nSPS) is 11.2. The number of aromatic nitrogens is 2. The van der Waals surface area contributed by atoms with E-state index in [0.29, 0.717) is 17.1 Å². The first-order valence-corrected chi connectivity index (χ1v) is 10.4. The van der Waals surface area contributed by atoms with Crippen LogP contribution >= 0.6 is 34.4 Å². The highest BCUT2D eigenvalue weighted by Gasteiger charge is 2.17. The highest BCUT2D eigenvalue weighted by molar-refractivity contribution is 7.99. The van der Waals surface area contributed by atoms with Gasteiger partial charge in [-0.1, -0.05) is 17.8 Å². The zero-order valence-electron chi connectivity index (χ0n) is 14.3. The van der Waals surface area contributed by atoms with Crippen LogP contribution in [-0.2, 0) is 6.54 Å². The highest BCUT2D eigenvalue weighted by atomic mass is 32.2. The fraction of sp³-hybridized carbons (Fsp3) is 0.278. The number of thioether (sulfide) groups is 1. The van der Waals surface area contributed by atoms with Gasteiger partial charge < -0.3 is 0 Å². The molecule has 0 amide bonds. The summed E-state index contributed by atoms with van der Waals surface area (Å²) < 4.78 is 1.60. The molecule has 3 rings (SSSR count). The van der Waals surface area contributed by atoms with Gasteiger partial charge in [0.2, 0.25) is 0 Å². The van der Waals surface area contributed by atoms with Gasteiger partial charge in [-0.3, -0.25) is 14.2 Å². The molecule has 3 heterocycles. The summed E-state index contributed by atoms with van der Waals surface area (Å²) in [5.41, 5.74) is 0.922. The largest absolute Gasteiger partial charge is 0.292 e. The third kappa shape index (κ3) is 3.49.